The van der Waals surface area contributed by atoms with Gasteiger partial charge < -0.3 is 0 Å². The molecule has 2 fully saturated rings. The van der Waals surface area contributed by atoms with Crippen LogP contribution in [0.25, 0.3) is 0 Å². The van der Waals surface area contributed by atoms with E-state index in [9.17, 15) is 4.79 Å². The Hall–Kier alpha value is -0.330. The van der Waals surface area contributed by atoms with Crippen LogP contribution < -0.4 is 0 Å². The molecule has 0 heterocycles. The fourth-order valence-corrected chi connectivity index (χ4v) is 3.01. The predicted molar refractivity (Wildman–Crippen MR) is 48.9 cm³/mol. The van der Waals surface area contributed by atoms with Crippen molar-refractivity contribution in [2.75, 3.05) is 0 Å². The predicted octanol–water partition coefficient (Wildman–Crippen LogP) is 2.94. The maximum atomic E-state index is 11.6. The van der Waals surface area contributed by atoms with Crippen LogP contribution in [-0.2, 0) is 4.79 Å². The molecule has 68 valence electrons. The molecule has 0 N–H and O–H groups in total. The molecule has 0 aliphatic heterocycles. The lowest BCUT2D eigenvalue weighted by molar-refractivity contribution is -0.122. The Labute approximate surface area is 74.5 Å². The van der Waals surface area contributed by atoms with E-state index >= 15 is 0 Å². The minimum Gasteiger partial charge on any atom is -0.299 e. The molecule has 12 heavy (non-hydrogen) atoms. The van der Waals surface area contributed by atoms with Crippen LogP contribution in [0.4, 0.5) is 0 Å². The average Bonchev–Trinajstić information content (AvgIpc) is 2.24. The second kappa shape index (κ2) is 2.86. The topological polar surface area (TPSA) is 17.1 Å². The Morgan fingerprint density at radius 3 is 2.92 bits per heavy atom. The lowest BCUT2D eigenvalue weighted by atomic mass is 9.76. The summed E-state index contributed by atoms with van der Waals surface area (Å²) in [6.07, 6.45) is 8.47. The first kappa shape index (κ1) is 8.28. The minimum absolute atomic E-state index is 0.396. The normalized spacial score (nSPS) is 42.4. The first-order chi connectivity index (χ1) is 5.72. The van der Waals surface area contributed by atoms with Gasteiger partial charge in [0, 0.05) is 12.3 Å². The molecule has 0 aromatic heterocycles. The molecule has 0 spiro atoms. The van der Waals surface area contributed by atoms with Crippen LogP contribution in [0.3, 0.4) is 0 Å². The third kappa shape index (κ3) is 1.19. The lowest BCUT2D eigenvalue weighted by Gasteiger charge is -2.27. The number of hydrogen-bond acceptors (Lipinski definition) is 1. The molecular formula is C11H18O. The maximum Gasteiger partial charge on any atom is 0.136 e. The van der Waals surface area contributed by atoms with Gasteiger partial charge in [-0.2, -0.15) is 0 Å². The number of carbonyl (C=O) groups excluding carboxylic acids is 1. The summed E-state index contributed by atoms with van der Waals surface area (Å²) in [6.45, 7) is 2.33. The first-order valence-electron chi connectivity index (χ1n) is 5.25. The molecule has 2 aliphatic rings. The van der Waals surface area contributed by atoms with Crippen molar-refractivity contribution in [2.24, 2.45) is 11.3 Å². The molecule has 0 radical (unpaired) electrons. The van der Waals surface area contributed by atoms with Gasteiger partial charge in [0.15, 0.2) is 0 Å². The Morgan fingerprint density at radius 2 is 2.08 bits per heavy atom. The third-order valence-corrected chi connectivity index (χ3v) is 3.91. The SMILES string of the molecule is CC12CCCCC[C@H]1C(=O)CC2. The molecule has 1 heteroatoms. The van der Waals surface area contributed by atoms with Gasteiger partial charge in [-0.1, -0.05) is 26.2 Å². The second-order valence-corrected chi connectivity index (χ2v) is 4.77. The van der Waals surface area contributed by atoms with Crippen LogP contribution in [0.2, 0.25) is 0 Å². The third-order valence-electron chi connectivity index (χ3n) is 3.91. The van der Waals surface area contributed by atoms with Gasteiger partial charge in [-0.05, 0) is 24.7 Å². The number of hydrogen-bond donors (Lipinski definition) is 0. The van der Waals surface area contributed by atoms with Gasteiger partial charge >= 0.3 is 0 Å². The van der Waals surface area contributed by atoms with E-state index in [1.165, 1.54) is 32.1 Å². The van der Waals surface area contributed by atoms with E-state index in [2.05, 4.69) is 6.92 Å². The van der Waals surface area contributed by atoms with Gasteiger partial charge in [0.05, 0.1) is 0 Å². The van der Waals surface area contributed by atoms with Crippen molar-refractivity contribution in [3.05, 3.63) is 0 Å². The molecular weight excluding hydrogens is 148 g/mol. The van der Waals surface area contributed by atoms with E-state index in [4.69, 9.17) is 0 Å². The van der Waals surface area contributed by atoms with Gasteiger partial charge in [0.2, 0.25) is 0 Å². The van der Waals surface area contributed by atoms with Gasteiger partial charge in [-0.25, -0.2) is 0 Å². The summed E-state index contributed by atoms with van der Waals surface area (Å²) in [5, 5.41) is 0. The molecule has 2 saturated carbocycles. The largest absolute Gasteiger partial charge is 0.299 e. The molecule has 0 aromatic rings. The van der Waals surface area contributed by atoms with Crippen LogP contribution in [0, 0.1) is 11.3 Å². The Balaban J connectivity index is 2.19. The number of fused-ring (bicyclic) bond motifs is 1. The minimum atomic E-state index is 0.396. The van der Waals surface area contributed by atoms with Crippen molar-refractivity contribution in [3.63, 3.8) is 0 Å². The molecule has 2 atom stereocenters. The zero-order valence-electron chi connectivity index (χ0n) is 7.94. The summed E-state index contributed by atoms with van der Waals surface area (Å²) in [5.74, 6) is 0.986. The Morgan fingerprint density at radius 1 is 1.25 bits per heavy atom. The quantitative estimate of drug-likeness (QED) is 0.540. The van der Waals surface area contributed by atoms with Gasteiger partial charge in [0.25, 0.3) is 0 Å². The smallest absolute Gasteiger partial charge is 0.136 e. The monoisotopic (exact) mass is 166 g/mol. The zero-order chi connectivity index (χ0) is 8.60. The molecule has 1 nitrogen and oxygen atoms in total. The van der Waals surface area contributed by atoms with Gasteiger partial charge in [-0.15, -0.1) is 0 Å². The Kier molecular flexibility index (Phi) is 1.97. The van der Waals surface area contributed by atoms with E-state index in [-0.39, 0.29) is 0 Å². The second-order valence-electron chi connectivity index (χ2n) is 4.77. The van der Waals surface area contributed by atoms with Crippen molar-refractivity contribution < 1.29 is 4.79 Å². The van der Waals surface area contributed by atoms with Crippen LogP contribution in [-0.4, -0.2) is 5.78 Å². The van der Waals surface area contributed by atoms with Crippen molar-refractivity contribution >= 4 is 5.78 Å². The highest BCUT2D eigenvalue weighted by atomic mass is 16.1. The standard InChI is InChI=1S/C11H18O/c1-11-7-4-2-3-5-9(11)10(12)6-8-11/h9H,2-8H2,1H3/t9-,11?/m0/s1. The number of rotatable bonds is 0. The van der Waals surface area contributed by atoms with Crippen LogP contribution in [0.5, 0.6) is 0 Å². The summed E-state index contributed by atoms with van der Waals surface area (Å²) in [4.78, 5) is 11.6. The van der Waals surface area contributed by atoms with Crippen LogP contribution in [0.15, 0.2) is 0 Å². The molecule has 2 rings (SSSR count). The summed E-state index contributed by atoms with van der Waals surface area (Å²) in [7, 11) is 0. The maximum absolute atomic E-state index is 11.6. The van der Waals surface area contributed by atoms with E-state index < -0.39 is 0 Å². The Bertz CT molecular complexity index is 197. The highest BCUT2D eigenvalue weighted by Gasteiger charge is 2.44. The first-order valence-corrected chi connectivity index (χ1v) is 5.25. The fourth-order valence-electron chi connectivity index (χ4n) is 3.01. The summed E-state index contributed by atoms with van der Waals surface area (Å²) in [5.41, 5.74) is 0.396. The molecule has 0 saturated heterocycles. The summed E-state index contributed by atoms with van der Waals surface area (Å²) >= 11 is 0. The van der Waals surface area contributed by atoms with E-state index in [1.54, 1.807) is 0 Å². The number of ketones is 1. The van der Waals surface area contributed by atoms with Crippen LogP contribution >= 0.6 is 0 Å². The van der Waals surface area contributed by atoms with Crippen molar-refractivity contribution in [1.82, 2.24) is 0 Å². The average molecular weight is 166 g/mol. The highest BCUT2D eigenvalue weighted by Crippen LogP contribution is 2.48. The molecule has 0 aromatic carbocycles. The number of carbonyl (C=O) groups is 1. The molecule has 2 aliphatic carbocycles. The van der Waals surface area contributed by atoms with Crippen molar-refractivity contribution in [2.45, 2.75) is 51.9 Å². The van der Waals surface area contributed by atoms with Gasteiger partial charge in [0.1, 0.15) is 5.78 Å². The molecule has 1 unspecified atom stereocenters. The van der Waals surface area contributed by atoms with Crippen molar-refractivity contribution in [3.8, 4) is 0 Å². The van der Waals surface area contributed by atoms with Crippen LogP contribution in [0.1, 0.15) is 51.9 Å². The van der Waals surface area contributed by atoms with Gasteiger partial charge in [-0.3, -0.25) is 4.79 Å². The fraction of sp³-hybridized carbons (Fsp3) is 0.909. The number of Topliss-reactive ketones (excluding diaryl/α,β-unsaturated/α-hetero) is 1. The van der Waals surface area contributed by atoms with E-state index in [1.807, 2.05) is 0 Å². The van der Waals surface area contributed by atoms with E-state index in [0.717, 1.165) is 12.8 Å². The molecule has 0 bridgehead atoms. The van der Waals surface area contributed by atoms with E-state index in [0.29, 0.717) is 17.1 Å². The summed E-state index contributed by atoms with van der Waals surface area (Å²) < 4.78 is 0. The highest BCUT2D eigenvalue weighted by molar-refractivity contribution is 5.84. The summed E-state index contributed by atoms with van der Waals surface area (Å²) in [6, 6.07) is 0. The van der Waals surface area contributed by atoms with Crippen molar-refractivity contribution in [1.29, 1.82) is 0 Å². The molecule has 0 amide bonds. The lowest BCUT2D eigenvalue weighted by Crippen LogP contribution is -2.23. The zero-order valence-corrected chi connectivity index (χ0v) is 7.94.